The van der Waals surface area contributed by atoms with Crippen LogP contribution in [0.15, 0.2) is 17.6 Å². The number of fused-ring (bicyclic) bond motifs is 3. The molecule has 5 nitrogen and oxygen atoms in total. The summed E-state index contributed by atoms with van der Waals surface area (Å²) >= 11 is 2.98. The summed E-state index contributed by atoms with van der Waals surface area (Å²) < 4.78 is 1.99. The molecule has 2 N–H and O–H groups in total. The number of thiophene rings is 1. The van der Waals surface area contributed by atoms with Gasteiger partial charge in [-0.05, 0) is 19.4 Å². The van der Waals surface area contributed by atoms with Crippen molar-refractivity contribution in [3.63, 3.8) is 0 Å². The van der Waals surface area contributed by atoms with Gasteiger partial charge >= 0.3 is 0 Å². The molecule has 0 aliphatic rings. The second kappa shape index (κ2) is 4.92. The Kier molecular flexibility index (Phi) is 3.26. The van der Waals surface area contributed by atoms with Crippen molar-refractivity contribution >= 4 is 43.9 Å². The lowest BCUT2D eigenvalue weighted by Crippen LogP contribution is -2.32. The zero-order valence-electron chi connectivity index (χ0n) is 10.3. The van der Waals surface area contributed by atoms with Crippen molar-refractivity contribution < 1.29 is 9.90 Å². The second-order valence-corrected chi connectivity index (χ2v) is 6.26. The maximum atomic E-state index is 12.1. The van der Waals surface area contributed by atoms with Crippen molar-refractivity contribution in [2.45, 2.75) is 19.4 Å². The third-order valence-electron chi connectivity index (χ3n) is 2.90. The van der Waals surface area contributed by atoms with E-state index in [2.05, 4.69) is 10.3 Å². The summed E-state index contributed by atoms with van der Waals surface area (Å²) in [7, 11) is 0. The van der Waals surface area contributed by atoms with Crippen LogP contribution >= 0.6 is 22.7 Å². The molecule has 0 aromatic carbocycles. The van der Waals surface area contributed by atoms with Crippen LogP contribution in [0.4, 0.5) is 0 Å². The van der Waals surface area contributed by atoms with Gasteiger partial charge in [0.2, 0.25) is 0 Å². The molecule has 0 spiro atoms. The number of thiazole rings is 1. The first kappa shape index (κ1) is 12.6. The largest absolute Gasteiger partial charge is 0.396 e. The van der Waals surface area contributed by atoms with Gasteiger partial charge < -0.3 is 10.4 Å². The number of carbonyl (C=O) groups excluding carboxylic acids is 1. The average molecular weight is 295 g/mol. The summed E-state index contributed by atoms with van der Waals surface area (Å²) in [5.74, 6) is -0.104. The highest BCUT2D eigenvalue weighted by Crippen LogP contribution is 2.28. The minimum Gasteiger partial charge on any atom is -0.396 e. The summed E-state index contributed by atoms with van der Waals surface area (Å²) in [6, 6.07) is 1.84. The summed E-state index contributed by atoms with van der Waals surface area (Å²) in [5, 5.41) is 13.7. The zero-order valence-corrected chi connectivity index (χ0v) is 11.9. The van der Waals surface area contributed by atoms with Crippen LogP contribution in [-0.2, 0) is 0 Å². The van der Waals surface area contributed by atoms with E-state index in [-0.39, 0.29) is 18.6 Å². The standard InChI is InChI=1S/C12H13N3O2S2/c1-7(2-4-16)13-10(17)9-6-8-11(19-9)14-12-15(8)3-5-18-12/h3,5-7,16H,2,4H2,1H3,(H,13,17). The van der Waals surface area contributed by atoms with Crippen molar-refractivity contribution in [2.75, 3.05) is 6.61 Å². The lowest BCUT2D eigenvalue weighted by molar-refractivity contribution is 0.0938. The molecule has 1 unspecified atom stereocenters. The third kappa shape index (κ3) is 2.24. The molecule has 3 rings (SSSR count). The average Bonchev–Trinajstić information content (AvgIpc) is 2.98. The van der Waals surface area contributed by atoms with Crippen LogP contribution in [0.3, 0.4) is 0 Å². The normalized spacial score (nSPS) is 13.2. The summed E-state index contributed by atoms with van der Waals surface area (Å²) in [6.45, 7) is 1.96. The predicted octanol–water partition coefficient (Wildman–Crippen LogP) is 2.11. The van der Waals surface area contributed by atoms with Crippen molar-refractivity contribution in [3.05, 3.63) is 22.5 Å². The molecule has 1 amide bonds. The van der Waals surface area contributed by atoms with E-state index < -0.39 is 0 Å². The molecule has 3 heterocycles. The van der Waals surface area contributed by atoms with Gasteiger partial charge in [-0.25, -0.2) is 4.98 Å². The van der Waals surface area contributed by atoms with Gasteiger partial charge in [-0.15, -0.1) is 22.7 Å². The van der Waals surface area contributed by atoms with Gasteiger partial charge in [0.15, 0.2) is 4.96 Å². The zero-order chi connectivity index (χ0) is 13.4. The molecule has 0 aliphatic carbocycles. The Hall–Kier alpha value is -1.44. The number of imidazole rings is 1. The van der Waals surface area contributed by atoms with Crippen LogP contribution in [0.1, 0.15) is 23.0 Å². The molecule has 0 radical (unpaired) electrons. The van der Waals surface area contributed by atoms with E-state index in [0.29, 0.717) is 11.3 Å². The summed E-state index contributed by atoms with van der Waals surface area (Å²) in [5.41, 5.74) is 0.973. The van der Waals surface area contributed by atoms with Gasteiger partial charge in [-0.2, -0.15) is 0 Å². The highest BCUT2D eigenvalue weighted by molar-refractivity contribution is 7.21. The van der Waals surface area contributed by atoms with E-state index >= 15 is 0 Å². The Labute approximate surface area is 117 Å². The molecular formula is C12H13N3O2S2. The first-order valence-electron chi connectivity index (χ1n) is 5.96. The van der Waals surface area contributed by atoms with Gasteiger partial charge in [-0.3, -0.25) is 9.20 Å². The van der Waals surface area contributed by atoms with Gasteiger partial charge in [0.05, 0.1) is 10.4 Å². The third-order valence-corrected chi connectivity index (χ3v) is 4.68. The van der Waals surface area contributed by atoms with Crippen LogP contribution in [0.25, 0.3) is 15.3 Å². The van der Waals surface area contributed by atoms with Crippen LogP contribution in [0, 0.1) is 0 Å². The summed E-state index contributed by atoms with van der Waals surface area (Å²) in [4.78, 5) is 19.0. The van der Waals surface area contributed by atoms with Gasteiger partial charge in [0.25, 0.3) is 5.91 Å². The molecular weight excluding hydrogens is 282 g/mol. The molecule has 0 fully saturated rings. The van der Waals surface area contributed by atoms with Crippen LogP contribution in [0.5, 0.6) is 0 Å². The minimum absolute atomic E-state index is 0.0317. The van der Waals surface area contributed by atoms with Gasteiger partial charge in [-0.1, -0.05) is 0 Å². The molecule has 0 saturated heterocycles. The molecule has 7 heteroatoms. The van der Waals surface area contributed by atoms with Crippen molar-refractivity contribution in [3.8, 4) is 0 Å². The van der Waals surface area contributed by atoms with E-state index in [1.165, 1.54) is 11.3 Å². The minimum atomic E-state index is -0.104. The topological polar surface area (TPSA) is 66.6 Å². The smallest absolute Gasteiger partial charge is 0.261 e. The number of nitrogens with one attached hydrogen (secondary N) is 1. The van der Waals surface area contributed by atoms with E-state index in [1.54, 1.807) is 11.3 Å². The molecule has 19 heavy (non-hydrogen) atoms. The van der Waals surface area contributed by atoms with Crippen molar-refractivity contribution in [1.82, 2.24) is 14.7 Å². The SMILES string of the molecule is CC(CCO)NC(=O)c1cc2c(nc3sccn32)s1. The fraction of sp³-hybridized carbons (Fsp3) is 0.333. The van der Waals surface area contributed by atoms with E-state index in [9.17, 15) is 4.79 Å². The van der Waals surface area contributed by atoms with E-state index in [1.807, 2.05) is 29.0 Å². The van der Waals surface area contributed by atoms with E-state index in [0.717, 1.165) is 15.3 Å². The maximum absolute atomic E-state index is 12.1. The fourth-order valence-corrected chi connectivity index (χ4v) is 3.62. The number of carbonyl (C=O) groups is 1. The molecule has 0 aliphatic heterocycles. The Balaban J connectivity index is 1.88. The van der Waals surface area contributed by atoms with Crippen LogP contribution in [0.2, 0.25) is 0 Å². The number of amides is 1. The molecule has 1 atom stereocenters. The monoisotopic (exact) mass is 295 g/mol. The number of nitrogens with zero attached hydrogens (tertiary/aromatic N) is 2. The molecule has 100 valence electrons. The van der Waals surface area contributed by atoms with Crippen molar-refractivity contribution in [2.24, 2.45) is 0 Å². The van der Waals surface area contributed by atoms with Crippen molar-refractivity contribution in [1.29, 1.82) is 0 Å². The number of aliphatic hydroxyl groups excluding tert-OH is 1. The highest BCUT2D eigenvalue weighted by atomic mass is 32.1. The molecule has 0 bridgehead atoms. The Morgan fingerprint density at radius 1 is 1.63 bits per heavy atom. The quantitative estimate of drug-likeness (QED) is 0.774. The van der Waals surface area contributed by atoms with Crippen LogP contribution in [-0.4, -0.2) is 33.0 Å². The molecule has 3 aromatic heterocycles. The number of hydrogen-bond acceptors (Lipinski definition) is 5. The number of aliphatic hydroxyl groups is 1. The first-order chi connectivity index (χ1) is 9.19. The summed E-state index contributed by atoms with van der Waals surface area (Å²) in [6.07, 6.45) is 2.52. The Morgan fingerprint density at radius 2 is 2.47 bits per heavy atom. The maximum Gasteiger partial charge on any atom is 0.261 e. The van der Waals surface area contributed by atoms with Gasteiger partial charge in [0.1, 0.15) is 4.83 Å². The second-order valence-electron chi connectivity index (χ2n) is 4.36. The molecule has 0 saturated carbocycles. The lowest BCUT2D eigenvalue weighted by Gasteiger charge is -2.10. The number of rotatable bonds is 4. The number of hydrogen-bond donors (Lipinski definition) is 2. The highest BCUT2D eigenvalue weighted by Gasteiger charge is 2.16. The van der Waals surface area contributed by atoms with Gasteiger partial charge in [0, 0.05) is 24.2 Å². The number of aromatic nitrogens is 2. The molecule has 3 aromatic rings. The fourth-order valence-electron chi connectivity index (χ4n) is 1.92. The Bertz CT molecular complexity index is 728. The Morgan fingerprint density at radius 3 is 3.26 bits per heavy atom. The lowest BCUT2D eigenvalue weighted by atomic mass is 10.2. The first-order valence-corrected chi connectivity index (χ1v) is 7.65. The van der Waals surface area contributed by atoms with E-state index in [4.69, 9.17) is 5.11 Å². The van der Waals surface area contributed by atoms with Crippen LogP contribution < -0.4 is 5.32 Å². The predicted molar refractivity (Wildman–Crippen MR) is 77.1 cm³/mol.